The molecule has 1 amide bonds. The van der Waals surface area contributed by atoms with Gasteiger partial charge in [0.15, 0.2) is 5.75 Å². The first kappa shape index (κ1) is 14.8. The molecule has 8 heteroatoms. The maximum atomic E-state index is 12.3. The summed E-state index contributed by atoms with van der Waals surface area (Å²) in [5.74, 6) is -2.42. The molecule has 1 aromatic rings. The molecule has 0 fully saturated rings. The smallest absolute Gasteiger partial charge is 0.465 e. The highest BCUT2D eigenvalue weighted by Gasteiger charge is 2.34. The zero-order valence-corrected chi connectivity index (χ0v) is 10.00. The normalized spacial score (nSPS) is 10.8. The molecule has 0 atom stereocenters. The number of hydrogen-bond donors (Lipinski definition) is 1. The quantitative estimate of drug-likeness (QED) is 0.861. The predicted molar refractivity (Wildman–Crippen MR) is 58.8 cm³/mol. The maximum absolute atomic E-state index is 12.3. The van der Waals surface area contributed by atoms with E-state index in [-0.39, 0.29) is 5.69 Å². The van der Waals surface area contributed by atoms with Crippen LogP contribution >= 0.6 is 0 Å². The molecule has 0 heterocycles. The number of halogens is 3. The lowest BCUT2D eigenvalue weighted by Crippen LogP contribution is -2.21. The van der Waals surface area contributed by atoms with Crippen LogP contribution < -0.4 is 10.1 Å². The average molecular weight is 277 g/mol. The highest BCUT2D eigenvalue weighted by Crippen LogP contribution is 2.34. The van der Waals surface area contributed by atoms with Crippen molar-refractivity contribution in [1.29, 1.82) is 0 Å². The van der Waals surface area contributed by atoms with Gasteiger partial charge in [-0.15, -0.1) is 13.2 Å². The van der Waals surface area contributed by atoms with E-state index in [2.05, 4.69) is 14.8 Å². The van der Waals surface area contributed by atoms with E-state index in [9.17, 15) is 22.8 Å². The standard InChI is InChI=1S/C11H10F3NO4/c1-6(16)15-8-5-3-4-7(10(17)18-2)9(8)19-11(12,13)14/h3-5H,1-2H3,(H,15,16). The molecule has 1 rings (SSSR count). The zero-order chi connectivity index (χ0) is 14.6. The highest BCUT2D eigenvalue weighted by molar-refractivity contribution is 5.98. The summed E-state index contributed by atoms with van der Waals surface area (Å²) in [5, 5.41) is 2.14. The van der Waals surface area contributed by atoms with Gasteiger partial charge in [-0.1, -0.05) is 6.07 Å². The SMILES string of the molecule is COC(=O)c1cccc(NC(C)=O)c1OC(F)(F)F. The van der Waals surface area contributed by atoms with Crippen molar-refractivity contribution in [3.8, 4) is 5.75 Å². The van der Waals surface area contributed by atoms with Gasteiger partial charge in [-0.2, -0.15) is 0 Å². The Labute approximate surface area is 106 Å². The van der Waals surface area contributed by atoms with Gasteiger partial charge in [0.2, 0.25) is 5.91 Å². The number of anilines is 1. The molecule has 0 aliphatic carbocycles. The summed E-state index contributed by atoms with van der Waals surface area (Å²) in [7, 11) is 1.02. The average Bonchev–Trinajstić information content (AvgIpc) is 2.28. The van der Waals surface area contributed by atoms with Crippen molar-refractivity contribution < 1.29 is 32.2 Å². The van der Waals surface area contributed by atoms with Crippen LogP contribution in [0, 0.1) is 0 Å². The van der Waals surface area contributed by atoms with Crippen LogP contribution in [0.5, 0.6) is 5.75 Å². The van der Waals surface area contributed by atoms with Crippen molar-refractivity contribution in [3.63, 3.8) is 0 Å². The third kappa shape index (κ3) is 4.16. The van der Waals surface area contributed by atoms with Gasteiger partial charge >= 0.3 is 12.3 Å². The van der Waals surface area contributed by atoms with E-state index in [4.69, 9.17) is 0 Å². The summed E-state index contributed by atoms with van der Waals surface area (Å²) in [6.45, 7) is 1.11. The first-order chi connectivity index (χ1) is 8.74. The molecule has 0 saturated heterocycles. The van der Waals surface area contributed by atoms with Gasteiger partial charge < -0.3 is 14.8 Å². The zero-order valence-electron chi connectivity index (χ0n) is 10.00. The first-order valence-electron chi connectivity index (χ1n) is 4.99. The number of benzene rings is 1. The van der Waals surface area contributed by atoms with Gasteiger partial charge in [-0.25, -0.2) is 4.79 Å². The number of esters is 1. The Morgan fingerprint density at radius 2 is 1.89 bits per heavy atom. The van der Waals surface area contributed by atoms with E-state index in [0.29, 0.717) is 0 Å². The Morgan fingerprint density at radius 1 is 1.26 bits per heavy atom. The van der Waals surface area contributed by atoms with E-state index in [1.165, 1.54) is 12.1 Å². The number of carbonyl (C=O) groups is 2. The second kappa shape index (κ2) is 5.59. The van der Waals surface area contributed by atoms with Crippen molar-refractivity contribution in [3.05, 3.63) is 23.8 Å². The fourth-order valence-electron chi connectivity index (χ4n) is 1.32. The molecule has 19 heavy (non-hydrogen) atoms. The second-order valence-electron chi connectivity index (χ2n) is 3.40. The molecule has 0 aromatic heterocycles. The van der Waals surface area contributed by atoms with Gasteiger partial charge in [0.25, 0.3) is 0 Å². The van der Waals surface area contributed by atoms with Crippen LogP contribution in [0.4, 0.5) is 18.9 Å². The van der Waals surface area contributed by atoms with Gasteiger partial charge in [0.1, 0.15) is 5.56 Å². The summed E-state index contributed by atoms with van der Waals surface area (Å²) >= 11 is 0. The summed E-state index contributed by atoms with van der Waals surface area (Å²) in [6, 6.07) is 3.56. The van der Waals surface area contributed by atoms with Crippen LogP contribution in [0.3, 0.4) is 0 Å². The largest absolute Gasteiger partial charge is 0.573 e. The highest BCUT2D eigenvalue weighted by atomic mass is 19.4. The Balaban J connectivity index is 3.31. The minimum atomic E-state index is -5.00. The van der Waals surface area contributed by atoms with E-state index in [1.54, 1.807) is 0 Å². The van der Waals surface area contributed by atoms with Crippen molar-refractivity contribution in [2.75, 3.05) is 12.4 Å². The molecule has 1 aromatic carbocycles. The molecular formula is C11H10F3NO4. The summed E-state index contributed by atoms with van der Waals surface area (Å²) in [6.07, 6.45) is -5.00. The molecule has 0 radical (unpaired) electrons. The Hall–Kier alpha value is -2.25. The van der Waals surface area contributed by atoms with Crippen LogP contribution in [0.25, 0.3) is 0 Å². The van der Waals surface area contributed by atoms with Gasteiger partial charge in [0.05, 0.1) is 12.8 Å². The molecule has 0 unspecified atom stereocenters. The van der Waals surface area contributed by atoms with E-state index in [0.717, 1.165) is 20.1 Å². The van der Waals surface area contributed by atoms with Crippen LogP contribution in [-0.4, -0.2) is 25.3 Å². The third-order valence-corrected chi connectivity index (χ3v) is 1.95. The molecule has 0 saturated carbocycles. The number of carbonyl (C=O) groups excluding carboxylic acids is 2. The number of rotatable bonds is 3. The molecule has 104 valence electrons. The molecule has 1 N–H and O–H groups in total. The number of alkyl halides is 3. The van der Waals surface area contributed by atoms with Gasteiger partial charge in [-0.3, -0.25) is 4.79 Å². The van der Waals surface area contributed by atoms with Crippen LogP contribution in [0.2, 0.25) is 0 Å². The van der Waals surface area contributed by atoms with Crippen molar-refractivity contribution in [2.45, 2.75) is 13.3 Å². The number of amides is 1. The topological polar surface area (TPSA) is 64.6 Å². The van der Waals surface area contributed by atoms with E-state index >= 15 is 0 Å². The third-order valence-electron chi connectivity index (χ3n) is 1.95. The molecule has 0 aliphatic heterocycles. The lowest BCUT2D eigenvalue weighted by Gasteiger charge is -2.16. The lowest BCUT2D eigenvalue weighted by atomic mass is 10.1. The minimum Gasteiger partial charge on any atom is -0.465 e. The summed E-state index contributed by atoms with van der Waals surface area (Å²) in [4.78, 5) is 22.3. The number of para-hydroxylation sites is 1. The van der Waals surface area contributed by atoms with E-state index < -0.39 is 29.6 Å². The summed E-state index contributed by atoms with van der Waals surface area (Å²) < 4.78 is 45.1. The van der Waals surface area contributed by atoms with Crippen molar-refractivity contribution in [2.24, 2.45) is 0 Å². The number of ether oxygens (including phenoxy) is 2. The first-order valence-corrected chi connectivity index (χ1v) is 4.99. The van der Waals surface area contributed by atoms with Crippen LogP contribution in [-0.2, 0) is 9.53 Å². The monoisotopic (exact) mass is 277 g/mol. The minimum absolute atomic E-state index is 0.271. The maximum Gasteiger partial charge on any atom is 0.573 e. The van der Waals surface area contributed by atoms with Crippen molar-refractivity contribution in [1.82, 2.24) is 0 Å². The Bertz CT molecular complexity index is 499. The lowest BCUT2D eigenvalue weighted by molar-refractivity contribution is -0.274. The number of methoxy groups -OCH3 is 1. The molecule has 0 aliphatic rings. The fraction of sp³-hybridized carbons (Fsp3) is 0.273. The van der Waals surface area contributed by atoms with Crippen molar-refractivity contribution >= 4 is 17.6 Å². The van der Waals surface area contributed by atoms with Crippen LogP contribution in [0.15, 0.2) is 18.2 Å². The fourth-order valence-corrected chi connectivity index (χ4v) is 1.32. The Kier molecular flexibility index (Phi) is 4.36. The van der Waals surface area contributed by atoms with Crippen LogP contribution in [0.1, 0.15) is 17.3 Å². The van der Waals surface area contributed by atoms with Gasteiger partial charge in [-0.05, 0) is 12.1 Å². The molecular weight excluding hydrogens is 267 g/mol. The molecule has 5 nitrogen and oxygen atoms in total. The van der Waals surface area contributed by atoms with Gasteiger partial charge in [0, 0.05) is 6.92 Å². The predicted octanol–water partition coefficient (Wildman–Crippen LogP) is 2.33. The Morgan fingerprint density at radius 3 is 2.37 bits per heavy atom. The van der Waals surface area contributed by atoms with E-state index in [1.807, 2.05) is 0 Å². The molecule has 0 spiro atoms. The summed E-state index contributed by atoms with van der Waals surface area (Å²) in [5.41, 5.74) is -0.709. The number of nitrogens with one attached hydrogen (secondary N) is 1. The second-order valence-corrected chi connectivity index (χ2v) is 3.40. The number of hydrogen-bond acceptors (Lipinski definition) is 4. The molecule has 0 bridgehead atoms.